The van der Waals surface area contributed by atoms with E-state index in [1.165, 1.54) is 5.69 Å². The Morgan fingerprint density at radius 2 is 1.61 bits per heavy atom. The standard InChI is InChI=1S/C22H24N2O2S2/c1-22(2,25)18-7-3-17(4-8-18)21-23-15-20(27-21)16-5-9-19(10-6-16)24-11-13-28(26)14-12-24/h3-10,15,25H,11-14H2,1-2H3. The van der Waals surface area contributed by atoms with Crippen molar-refractivity contribution in [2.45, 2.75) is 19.4 Å². The van der Waals surface area contributed by atoms with E-state index in [1.807, 2.05) is 30.5 Å². The second-order valence-electron chi connectivity index (χ2n) is 7.55. The van der Waals surface area contributed by atoms with Crippen LogP contribution < -0.4 is 4.90 Å². The second kappa shape index (κ2) is 7.87. The molecule has 0 aliphatic carbocycles. The molecule has 0 unspecified atom stereocenters. The zero-order chi connectivity index (χ0) is 19.7. The van der Waals surface area contributed by atoms with Gasteiger partial charge in [0.1, 0.15) is 16.5 Å². The SMILES string of the molecule is CC(C)(O)c1ccc(-c2ncc(-c3ccc(N4CC[S+]([O-])CC4)cc3)s2)cc1. The Balaban J connectivity index is 1.49. The maximum absolute atomic E-state index is 11.5. The van der Waals surface area contributed by atoms with Crippen molar-refractivity contribution in [3.63, 3.8) is 0 Å². The highest BCUT2D eigenvalue weighted by Gasteiger charge is 2.19. The monoisotopic (exact) mass is 412 g/mol. The normalized spacial score (nSPS) is 15.8. The van der Waals surface area contributed by atoms with Crippen molar-refractivity contribution in [3.05, 3.63) is 60.3 Å². The fraction of sp³-hybridized carbons (Fsp3) is 0.318. The van der Waals surface area contributed by atoms with Crippen molar-refractivity contribution < 1.29 is 9.66 Å². The first-order valence-corrected chi connectivity index (χ1v) is 11.7. The molecule has 28 heavy (non-hydrogen) atoms. The molecule has 4 rings (SSSR count). The number of aromatic nitrogens is 1. The first kappa shape index (κ1) is 19.5. The lowest BCUT2D eigenvalue weighted by molar-refractivity contribution is 0.0786. The molecule has 1 aromatic heterocycles. The first-order chi connectivity index (χ1) is 13.4. The van der Waals surface area contributed by atoms with E-state index < -0.39 is 16.8 Å². The van der Waals surface area contributed by atoms with Gasteiger partial charge in [-0.2, -0.15) is 0 Å². The highest BCUT2D eigenvalue weighted by atomic mass is 32.2. The fourth-order valence-corrected chi connectivity index (χ4v) is 5.27. The first-order valence-electron chi connectivity index (χ1n) is 9.40. The third kappa shape index (κ3) is 4.25. The van der Waals surface area contributed by atoms with Crippen LogP contribution in [0.15, 0.2) is 54.7 Å². The van der Waals surface area contributed by atoms with Gasteiger partial charge in [0.15, 0.2) is 0 Å². The van der Waals surface area contributed by atoms with Gasteiger partial charge in [-0.25, -0.2) is 4.98 Å². The highest BCUT2D eigenvalue weighted by molar-refractivity contribution is 7.91. The van der Waals surface area contributed by atoms with Crippen LogP contribution in [0.1, 0.15) is 19.4 Å². The number of hydrogen-bond acceptors (Lipinski definition) is 5. The van der Waals surface area contributed by atoms with E-state index in [2.05, 4.69) is 34.1 Å². The lowest BCUT2D eigenvalue weighted by Crippen LogP contribution is -2.40. The molecule has 1 N–H and O–H groups in total. The van der Waals surface area contributed by atoms with Gasteiger partial charge in [-0.1, -0.05) is 47.6 Å². The van der Waals surface area contributed by atoms with E-state index in [0.29, 0.717) is 0 Å². The average Bonchev–Trinajstić information content (AvgIpc) is 3.18. The summed E-state index contributed by atoms with van der Waals surface area (Å²) in [7, 11) is 0. The van der Waals surface area contributed by atoms with Crippen LogP contribution >= 0.6 is 11.3 Å². The Bertz CT molecular complexity index is 922. The molecule has 146 valence electrons. The second-order valence-corrected chi connectivity index (χ2v) is 10.3. The predicted octanol–water partition coefficient (Wildman–Crippen LogP) is 4.27. The number of thiazole rings is 1. The number of rotatable bonds is 4. The Hall–Kier alpha value is -1.86. The van der Waals surface area contributed by atoms with Crippen LogP contribution in [0.5, 0.6) is 0 Å². The third-order valence-electron chi connectivity index (χ3n) is 5.04. The van der Waals surface area contributed by atoms with Gasteiger partial charge < -0.3 is 14.6 Å². The third-order valence-corrected chi connectivity index (χ3v) is 7.41. The fourth-order valence-electron chi connectivity index (χ4n) is 3.29. The smallest absolute Gasteiger partial charge is 0.123 e. The highest BCUT2D eigenvalue weighted by Crippen LogP contribution is 2.34. The summed E-state index contributed by atoms with van der Waals surface area (Å²) < 4.78 is 11.5. The molecule has 1 saturated heterocycles. The summed E-state index contributed by atoms with van der Waals surface area (Å²) in [5.41, 5.74) is 3.46. The van der Waals surface area contributed by atoms with Gasteiger partial charge in [0.05, 0.1) is 23.6 Å². The molecular weight excluding hydrogens is 388 g/mol. The van der Waals surface area contributed by atoms with Crippen molar-refractivity contribution in [3.8, 4) is 21.0 Å². The zero-order valence-corrected chi connectivity index (χ0v) is 17.7. The molecule has 3 aromatic rings. The van der Waals surface area contributed by atoms with Gasteiger partial charge in [-0.3, -0.25) is 0 Å². The van der Waals surface area contributed by atoms with Crippen molar-refractivity contribution in [2.75, 3.05) is 29.5 Å². The van der Waals surface area contributed by atoms with E-state index in [4.69, 9.17) is 0 Å². The van der Waals surface area contributed by atoms with Crippen LogP contribution in [0, 0.1) is 0 Å². The molecule has 0 bridgehead atoms. The molecule has 2 heterocycles. The van der Waals surface area contributed by atoms with Crippen LogP contribution in [0.25, 0.3) is 21.0 Å². The molecule has 6 heteroatoms. The van der Waals surface area contributed by atoms with E-state index in [0.717, 1.165) is 51.2 Å². The molecule has 0 atom stereocenters. The van der Waals surface area contributed by atoms with Crippen LogP contribution in [0.3, 0.4) is 0 Å². The quantitative estimate of drug-likeness (QED) is 0.650. The van der Waals surface area contributed by atoms with Gasteiger partial charge in [-0.05, 0) is 37.1 Å². The van der Waals surface area contributed by atoms with Crippen LogP contribution in [-0.2, 0) is 16.8 Å². The number of aliphatic hydroxyl groups is 1. The lowest BCUT2D eigenvalue weighted by atomic mass is 9.97. The Morgan fingerprint density at radius 3 is 2.21 bits per heavy atom. The van der Waals surface area contributed by atoms with Gasteiger partial charge in [-0.15, -0.1) is 11.3 Å². The van der Waals surface area contributed by atoms with Gasteiger partial charge in [0.2, 0.25) is 0 Å². The lowest BCUT2D eigenvalue weighted by Gasteiger charge is -2.29. The molecule has 0 amide bonds. The summed E-state index contributed by atoms with van der Waals surface area (Å²) in [6, 6.07) is 16.5. The Labute approximate surface area is 173 Å². The van der Waals surface area contributed by atoms with E-state index in [9.17, 15) is 9.66 Å². The van der Waals surface area contributed by atoms with Crippen molar-refractivity contribution >= 4 is 28.2 Å². The molecule has 1 fully saturated rings. The average molecular weight is 413 g/mol. The minimum Gasteiger partial charge on any atom is -0.616 e. The summed E-state index contributed by atoms with van der Waals surface area (Å²) in [4.78, 5) is 8.02. The Kier molecular flexibility index (Phi) is 5.47. The molecule has 1 aliphatic heterocycles. The topological polar surface area (TPSA) is 59.4 Å². The molecule has 0 saturated carbocycles. The van der Waals surface area contributed by atoms with Crippen molar-refractivity contribution in [1.82, 2.24) is 4.98 Å². The van der Waals surface area contributed by atoms with Crippen molar-refractivity contribution in [1.29, 1.82) is 0 Å². The number of anilines is 1. The number of nitrogens with zero attached hydrogens (tertiary/aromatic N) is 2. The van der Waals surface area contributed by atoms with E-state index in [-0.39, 0.29) is 0 Å². The summed E-state index contributed by atoms with van der Waals surface area (Å²) in [6.07, 6.45) is 1.92. The van der Waals surface area contributed by atoms with E-state index >= 15 is 0 Å². The molecule has 4 nitrogen and oxygen atoms in total. The molecular formula is C22H24N2O2S2. The van der Waals surface area contributed by atoms with E-state index in [1.54, 1.807) is 25.2 Å². The van der Waals surface area contributed by atoms with Gasteiger partial charge in [0.25, 0.3) is 0 Å². The minimum atomic E-state index is -0.836. The zero-order valence-electron chi connectivity index (χ0n) is 16.1. The molecule has 0 radical (unpaired) electrons. The van der Waals surface area contributed by atoms with Crippen molar-refractivity contribution in [2.24, 2.45) is 0 Å². The Morgan fingerprint density at radius 1 is 1.00 bits per heavy atom. The number of benzene rings is 2. The summed E-state index contributed by atoms with van der Waals surface area (Å²) in [5.74, 6) is 1.51. The van der Waals surface area contributed by atoms with Gasteiger partial charge in [0, 0.05) is 17.4 Å². The van der Waals surface area contributed by atoms with Crippen LogP contribution in [0.4, 0.5) is 5.69 Å². The largest absolute Gasteiger partial charge is 0.616 e. The molecule has 1 aliphatic rings. The molecule has 2 aromatic carbocycles. The predicted molar refractivity (Wildman–Crippen MR) is 118 cm³/mol. The summed E-state index contributed by atoms with van der Waals surface area (Å²) in [5, 5.41) is 11.1. The summed E-state index contributed by atoms with van der Waals surface area (Å²) in [6.45, 7) is 5.29. The van der Waals surface area contributed by atoms with Crippen LogP contribution in [0.2, 0.25) is 0 Å². The molecule has 0 spiro atoms. The van der Waals surface area contributed by atoms with Gasteiger partial charge >= 0.3 is 0 Å². The van der Waals surface area contributed by atoms with Crippen LogP contribution in [-0.4, -0.2) is 39.2 Å². The maximum Gasteiger partial charge on any atom is 0.123 e. The maximum atomic E-state index is 11.5. The summed E-state index contributed by atoms with van der Waals surface area (Å²) >= 11 is 1.01. The number of hydrogen-bond donors (Lipinski definition) is 1. The minimum absolute atomic E-state index is 0.653.